The summed E-state index contributed by atoms with van der Waals surface area (Å²) in [6.45, 7) is 0. The van der Waals surface area contributed by atoms with Crippen molar-refractivity contribution in [3.8, 4) is 12.3 Å². The fraction of sp³-hybridized carbons (Fsp3) is 0.200. The van der Waals surface area contributed by atoms with Gasteiger partial charge in [-0.15, -0.1) is 6.42 Å². The summed E-state index contributed by atoms with van der Waals surface area (Å²) in [5, 5.41) is 10.1. The zero-order chi connectivity index (χ0) is 8.97. The number of rotatable bonds is 2. The van der Waals surface area contributed by atoms with Crippen LogP contribution >= 0.6 is 15.9 Å². The summed E-state index contributed by atoms with van der Waals surface area (Å²) in [5.74, 6) is 2.26. The first kappa shape index (κ1) is 9.31. The van der Waals surface area contributed by atoms with Crippen LogP contribution in [-0.4, -0.2) is 5.11 Å². The zero-order valence-corrected chi connectivity index (χ0v) is 8.08. The average Bonchev–Trinajstić information content (AvgIpc) is 2.17. The van der Waals surface area contributed by atoms with Crippen LogP contribution in [0.5, 0.6) is 0 Å². The SMILES string of the molecule is C#CC(O)c1ccc(CBr)cc1. The second-order valence-corrected chi connectivity index (χ2v) is 3.01. The minimum atomic E-state index is -0.783. The Labute approximate surface area is 80.6 Å². The van der Waals surface area contributed by atoms with Gasteiger partial charge < -0.3 is 5.11 Å². The first-order valence-corrected chi connectivity index (χ1v) is 4.69. The molecule has 0 aromatic heterocycles. The number of hydrogen-bond donors (Lipinski definition) is 1. The molecular formula is C10H9BrO. The van der Waals surface area contributed by atoms with Crippen molar-refractivity contribution < 1.29 is 5.11 Å². The van der Waals surface area contributed by atoms with Crippen molar-refractivity contribution in [1.82, 2.24) is 0 Å². The van der Waals surface area contributed by atoms with Gasteiger partial charge in [-0.2, -0.15) is 0 Å². The molecule has 0 aliphatic rings. The molecule has 0 radical (unpaired) electrons. The molecule has 0 fully saturated rings. The van der Waals surface area contributed by atoms with Crippen LogP contribution in [0.1, 0.15) is 17.2 Å². The smallest absolute Gasteiger partial charge is 0.139 e. The second-order valence-electron chi connectivity index (χ2n) is 2.44. The molecule has 62 valence electrons. The van der Waals surface area contributed by atoms with Crippen LogP contribution in [0.2, 0.25) is 0 Å². The molecule has 12 heavy (non-hydrogen) atoms. The van der Waals surface area contributed by atoms with E-state index in [2.05, 4.69) is 21.9 Å². The van der Waals surface area contributed by atoms with E-state index in [1.165, 1.54) is 5.56 Å². The monoisotopic (exact) mass is 224 g/mol. The standard InChI is InChI=1S/C10H9BrO/c1-2-10(12)9-5-3-8(7-11)4-6-9/h1,3-6,10,12H,7H2. The van der Waals surface area contributed by atoms with Gasteiger partial charge >= 0.3 is 0 Å². The van der Waals surface area contributed by atoms with Gasteiger partial charge in [0.25, 0.3) is 0 Å². The zero-order valence-electron chi connectivity index (χ0n) is 6.50. The predicted molar refractivity (Wildman–Crippen MR) is 52.9 cm³/mol. The molecule has 1 rings (SSSR count). The van der Waals surface area contributed by atoms with Crippen LogP contribution in [0, 0.1) is 12.3 Å². The Morgan fingerprint density at radius 2 is 2.00 bits per heavy atom. The van der Waals surface area contributed by atoms with Crippen molar-refractivity contribution in [1.29, 1.82) is 0 Å². The third kappa shape index (κ3) is 2.10. The largest absolute Gasteiger partial charge is 0.376 e. The van der Waals surface area contributed by atoms with Crippen LogP contribution in [-0.2, 0) is 5.33 Å². The Balaban J connectivity index is 2.86. The molecule has 0 spiro atoms. The topological polar surface area (TPSA) is 20.2 Å². The van der Waals surface area contributed by atoms with E-state index < -0.39 is 6.10 Å². The van der Waals surface area contributed by atoms with Crippen molar-refractivity contribution in [2.45, 2.75) is 11.4 Å². The highest BCUT2D eigenvalue weighted by Crippen LogP contribution is 2.13. The molecule has 0 aliphatic carbocycles. The number of benzene rings is 1. The highest BCUT2D eigenvalue weighted by Gasteiger charge is 2.01. The molecule has 1 unspecified atom stereocenters. The molecule has 1 atom stereocenters. The first-order valence-electron chi connectivity index (χ1n) is 3.57. The van der Waals surface area contributed by atoms with E-state index in [4.69, 9.17) is 6.42 Å². The van der Waals surface area contributed by atoms with Crippen LogP contribution in [0.15, 0.2) is 24.3 Å². The van der Waals surface area contributed by atoms with E-state index in [1.54, 1.807) is 0 Å². The van der Waals surface area contributed by atoms with E-state index in [9.17, 15) is 5.11 Å². The minimum Gasteiger partial charge on any atom is -0.376 e. The van der Waals surface area contributed by atoms with E-state index in [0.717, 1.165) is 10.9 Å². The van der Waals surface area contributed by atoms with Gasteiger partial charge in [0.15, 0.2) is 0 Å². The molecule has 0 saturated carbocycles. The van der Waals surface area contributed by atoms with Gasteiger partial charge in [-0.3, -0.25) is 0 Å². The summed E-state index contributed by atoms with van der Waals surface area (Å²) < 4.78 is 0. The fourth-order valence-electron chi connectivity index (χ4n) is 0.885. The molecule has 2 heteroatoms. The van der Waals surface area contributed by atoms with Crippen molar-refractivity contribution in [3.63, 3.8) is 0 Å². The lowest BCUT2D eigenvalue weighted by Gasteiger charge is -2.03. The molecule has 0 heterocycles. The summed E-state index contributed by atoms with van der Waals surface area (Å²) in [6.07, 6.45) is 4.28. The molecule has 1 nitrogen and oxygen atoms in total. The maximum Gasteiger partial charge on any atom is 0.139 e. The molecule has 0 bridgehead atoms. The van der Waals surface area contributed by atoms with Crippen LogP contribution in [0.25, 0.3) is 0 Å². The molecule has 0 saturated heterocycles. The van der Waals surface area contributed by atoms with E-state index in [0.29, 0.717) is 0 Å². The van der Waals surface area contributed by atoms with Gasteiger partial charge in [0, 0.05) is 5.33 Å². The quantitative estimate of drug-likeness (QED) is 0.604. The lowest BCUT2D eigenvalue weighted by Crippen LogP contribution is -1.92. The number of halogens is 1. The van der Waals surface area contributed by atoms with Gasteiger partial charge in [-0.1, -0.05) is 46.1 Å². The summed E-state index contributed by atoms with van der Waals surface area (Å²) in [7, 11) is 0. The van der Waals surface area contributed by atoms with Gasteiger partial charge in [0.05, 0.1) is 0 Å². The molecular weight excluding hydrogens is 216 g/mol. The average molecular weight is 225 g/mol. The number of alkyl halides is 1. The van der Waals surface area contributed by atoms with Crippen LogP contribution < -0.4 is 0 Å². The van der Waals surface area contributed by atoms with E-state index >= 15 is 0 Å². The Morgan fingerprint density at radius 1 is 1.42 bits per heavy atom. The van der Waals surface area contributed by atoms with Crippen LogP contribution in [0.3, 0.4) is 0 Å². The first-order chi connectivity index (χ1) is 5.77. The molecule has 1 N–H and O–H groups in total. The van der Waals surface area contributed by atoms with Crippen molar-refractivity contribution >= 4 is 15.9 Å². The highest BCUT2D eigenvalue weighted by atomic mass is 79.9. The summed E-state index contributed by atoms with van der Waals surface area (Å²) in [6, 6.07) is 7.54. The van der Waals surface area contributed by atoms with Gasteiger partial charge in [0.2, 0.25) is 0 Å². The Morgan fingerprint density at radius 3 is 2.42 bits per heavy atom. The number of terminal acetylenes is 1. The maximum absolute atomic E-state index is 9.25. The number of aliphatic hydroxyl groups excluding tert-OH is 1. The Hall–Kier alpha value is -0.780. The normalized spacial score (nSPS) is 12.1. The summed E-state index contributed by atoms with van der Waals surface area (Å²) >= 11 is 3.33. The lowest BCUT2D eigenvalue weighted by atomic mass is 10.1. The highest BCUT2D eigenvalue weighted by molar-refractivity contribution is 9.08. The van der Waals surface area contributed by atoms with Crippen molar-refractivity contribution in [3.05, 3.63) is 35.4 Å². The summed E-state index contributed by atoms with van der Waals surface area (Å²) in [5.41, 5.74) is 1.94. The number of aliphatic hydroxyl groups is 1. The van der Waals surface area contributed by atoms with Gasteiger partial charge in [0.1, 0.15) is 6.10 Å². The third-order valence-corrected chi connectivity index (χ3v) is 2.26. The molecule has 0 amide bonds. The minimum absolute atomic E-state index is 0.766. The molecule has 0 aliphatic heterocycles. The second kappa shape index (κ2) is 4.30. The van der Waals surface area contributed by atoms with Gasteiger partial charge in [-0.25, -0.2) is 0 Å². The van der Waals surface area contributed by atoms with Crippen molar-refractivity contribution in [2.24, 2.45) is 0 Å². The number of hydrogen-bond acceptors (Lipinski definition) is 1. The van der Waals surface area contributed by atoms with E-state index in [-0.39, 0.29) is 0 Å². The maximum atomic E-state index is 9.25. The van der Waals surface area contributed by atoms with Gasteiger partial charge in [-0.05, 0) is 11.1 Å². The fourth-order valence-corrected chi connectivity index (χ4v) is 1.26. The molecule has 1 aromatic carbocycles. The summed E-state index contributed by atoms with van der Waals surface area (Å²) in [4.78, 5) is 0. The third-order valence-electron chi connectivity index (χ3n) is 1.61. The Kier molecular flexibility index (Phi) is 3.33. The molecule has 1 aromatic rings. The van der Waals surface area contributed by atoms with Crippen LogP contribution in [0.4, 0.5) is 0 Å². The predicted octanol–water partition coefficient (Wildman–Crippen LogP) is 2.25. The Bertz CT molecular complexity index is 284. The van der Waals surface area contributed by atoms with E-state index in [1.807, 2.05) is 24.3 Å². The van der Waals surface area contributed by atoms with Crippen molar-refractivity contribution in [2.75, 3.05) is 0 Å². The lowest BCUT2D eigenvalue weighted by molar-refractivity contribution is 0.238.